The Bertz CT molecular complexity index is 2230. The number of aryl methyl sites for hydroxylation is 1. The first-order chi connectivity index (χ1) is 21.6. The summed E-state index contributed by atoms with van der Waals surface area (Å²) in [4.78, 5) is 29.0. The third-order valence-corrected chi connectivity index (χ3v) is 9.02. The lowest BCUT2D eigenvalue weighted by Gasteiger charge is -2.24. The van der Waals surface area contributed by atoms with Crippen molar-refractivity contribution in [1.29, 1.82) is 0 Å². The van der Waals surface area contributed by atoms with Crippen LogP contribution in [0.2, 0.25) is 0 Å². The van der Waals surface area contributed by atoms with Gasteiger partial charge in [0.2, 0.25) is 5.91 Å². The summed E-state index contributed by atoms with van der Waals surface area (Å²) in [5.41, 5.74) is 4.25. The van der Waals surface area contributed by atoms with Crippen molar-refractivity contribution in [2.24, 2.45) is 5.92 Å². The number of H-pyrrole nitrogens is 2. The molecule has 1 amide bonds. The number of fused-ring (bicyclic) bond motifs is 2. The number of carbonyl (C=O) groups excluding carboxylic acids is 1. The Balaban J connectivity index is 1.26. The number of hydrogen-bond donors (Lipinski definition) is 3. The minimum Gasteiger partial charge on any atom is -0.336 e. The number of halogens is 2. The Morgan fingerprint density at radius 3 is 2.64 bits per heavy atom. The van der Waals surface area contributed by atoms with Crippen LogP contribution >= 0.6 is 0 Å². The van der Waals surface area contributed by atoms with E-state index in [9.17, 15) is 17.6 Å². The van der Waals surface area contributed by atoms with Crippen LogP contribution in [0.1, 0.15) is 24.8 Å². The molecule has 6 aromatic rings. The number of hydrogen-bond acceptors (Lipinski definition) is 7. The van der Waals surface area contributed by atoms with Crippen LogP contribution in [0.5, 0.6) is 0 Å². The highest BCUT2D eigenvalue weighted by molar-refractivity contribution is 7.90. The van der Waals surface area contributed by atoms with Crippen LogP contribution in [-0.2, 0) is 21.1 Å². The molecule has 2 aromatic carbocycles. The molecule has 13 heteroatoms. The summed E-state index contributed by atoms with van der Waals surface area (Å²) in [7, 11) is -3.24. The number of benzene rings is 2. The van der Waals surface area contributed by atoms with E-state index in [1.165, 1.54) is 24.5 Å². The van der Waals surface area contributed by atoms with Gasteiger partial charge in [0.05, 0.1) is 39.8 Å². The van der Waals surface area contributed by atoms with Crippen molar-refractivity contribution in [2.45, 2.75) is 25.7 Å². The fourth-order valence-corrected chi connectivity index (χ4v) is 6.14. The number of aromatic nitrogens is 6. The summed E-state index contributed by atoms with van der Waals surface area (Å²) in [6.07, 6.45) is 8.66. The molecule has 1 saturated carbocycles. The maximum Gasteiger partial charge on any atom is 0.227 e. The van der Waals surface area contributed by atoms with Gasteiger partial charge in [-0.3, -0.25) is 19.9 Å². The van der Waals surface area contributed by atoms with Crippen molar-refractivity contribution >= 4 is 43.4 Å². The molecule has 0 radical (unpaired) electrons. The number of pyridine rings is 2. The van der Waals surface area contributed by atoms with Crippen molar-refractivity contribution in [1.82, 2.24) is 30.1 Å². The number of aromatic amines is 2. The first kappa shape index (κ1) is 28.7. The van der Waals surface area contributed by atoms with Crippen molar-refractivity contribution in [3.05, 3.63) is 78.3 Å². The minimum atomic E-state index is -3.24. The lowest BCUT2D eigenvalue weighted by molar-refractivity contribution is -0.122. The Kier molecular flexibility index (Phi) is 7.11. The number of amides is 1. The van der Waals surface area contributed by atoms with Crippen molar-refractivity contribution in [3.8, 4) is 33.9 Å². The normalized spacial score (nSPS) is 13.8. The lowest BCUT2D eigenvalue weighted by Crippen LogP contribution is -2.28. The maximum absolute atomic E-state index is 16.3. The monoisotopic (exact) mass is 627 g/mol. The van der Waals surface area contributed by atoms with Gasteiger partial charge in [-0.25, -0.2) is 22.2 Å². The van der Waals surface area contributed by atoms with E-state index in [4.69, 9.17) is 4.98 Å². The SMILES string of the molecule is CS(=O)(=O)CCc1cc(F)cc(-c2nccc3[nH]c(-c4n[nH]c5ccc(-c6cncc(NC(=O)C7CCC7)c6)c(F)c45)nc23)c1. The summed E-state index contributed by atoms with van der Waals surface area (Å²) >= 11 is 0. The van der Waals surface area contributed by atoms with Crippen LogP contribution < -0.4 is 5.32 Å². The highest BCUT2D eigenvalue weighted by atomic mass is 32.2. The smallest absolute Gasteiger partial charge is 0.227 e. The molecule has 0 atom stereocenters. The van der Waals surface area contributed by atoms with Gasteiger partial charge in [0, 0.05) is 41.3 Å². The van der Waals surface area contributed by atoms with E-state index in [0.29, 0.717) is 44.6 Å². The van der Waals surface area contributed by atoms with E-state index >= 15 is 4.39 Å². The molecule has 1 aliphatic carbocycles. The van der Waals surface area contributed by atoms with Gasteiger partial charge < -0.3 is 10.3 Å². The average molecular weight is 628 g/mol. The molecule has 0 aliphatic heterocycles. The van der Waals surface area contributed by atoms with Crippen molar-refractivity contribution < 1.29 is 22.0 Å². The summed E-state index contributed by atoms with van der Waals surface area (Å²) in [6, 6.07) is 11.0. The molecule has 4 aromatic heterocycles. The highest BCUT2D eigenvalue weighted by Crippen LogP contribution is 2.36. The molecule has 228 valence electrons. The molecular formula is C32H27F2N7O3S. The van der Waals surface area contributed by atoms with Gasteiger partial charge in [-0.05, 0) is 67.3 Å². The van der Waals surface area contributed by atoms with E-state index in [0.717, 1.165) is 25.5 Å². The lowest BCUT2D eigenvalue weighted by atomic mass is 9.85. The highest BCUT2D eigenvalue weighted by Gasteiger charge is 2.26. The number of sulfone groups is 1. The van der Waals surface area contributed by atoms with Crippen LogP contribution in [-0.4, -0.2) is 56.5 Å². The molecule has 0 spiro atoms. The van der Waals surface area contributed by atoms with Crippen LogP contribution in [0, 0.1) is 17.6 Å². The van der Waals surface area contributed by atoms with Crippen LogP contribution in [0.3, 0.4) is 0 Å². The van der Waals surface area contributed by atoms with Gasteiger partial charge in [0.1, 0.15) is 32.7 Å². The molecule has 7 rings (SSSR count). The van der Waals surface area contributed by atoms with Crippen LogP contribution in [0.25, 0.3) is 55.8 Å². The van der Waals surface area contributed by atoms with Crippen LogP contribution in [0.15, 0.2) is 61.1 Å². The van der Waals surface area contributed by atoms with Gasteiger partial charge in [-0.2, -0.15) is 5.10 Å². The zero-order valence-corrected chi connectivity index (χ0v) is 24.9. The molecule has 4 heterocycles. The van der Waals surface area contributed by atoms with Gasteiger partial charge in [0.25, 0.3) is 0 Å². The zero-order valence-electron chi connectivity index (χ0n) is 24.1. The Morgan fingerprint density at radius 1 is 1.02 bits per heavy atom. The van der Waals surface area contributed by atoms with E-state index < -0.39 is 21.5 Å². The molecule has 0 unspecified atom stereocenters. The van der Waals surface area contributed by atoms with Crippen LogP contribution in [0.4, 0.5) is 14.5 Å². The second kappa shape index (κ2) is 11.1. The first-order valence-electron chi connectivity index (χ1n) is 14.4. The molecule has 3 N–H and O–H groups in total. The van der Waals surface area contributed by atoms with Crippen molar-refractivity contribution in [3.63, 3.8) is 0 Å². The van der Waals surface area contributed by atoms with E-state index in [2.05, 4.69) is 30.5 Å². The van der Waals surface area contributed by atoms with E-state index in [1.807, 2.05) is 0 Å². The number of carbonyl (C=O) groups is 1. The van der Waals surface area contributed by atoms with E-state index in [-0.39, 0.29) is 46.5 Å². The standard InChI is InChI=1S/C32H27F2N7O3S/c1-45(43,44)10-8-17-11-19(13-21(33)12-17)28-29-25(7-9-36-28)38-31(39-29)30-26-24(40-41-30)6-5-23(27(26)34)20-14-22(16-35-15-20)37-32(42)18-3-2-4-18/h5-7,9,11-16,18H,2-4,8,10H2,1H3,(H,37,42)(H,38,39)(H,40,41). The average Bonchev–Trinajstić information content (AvgIpc) is 3.60. The number of nitrogens with zero attached hydrogens (tertiary/aromatic N) is 4. The third-order valence-electron chi connectivity index (χ3n) is 8.08. The van der Waals surface area contributed by atoms with Crippen molar-refractivity contribution in [2.75, 3.05) is 17.3 Å². The second-order valence-corrected chi connectivity index (χ2v) is 13.6. The number of rotatable bonds is 8. The fraction of sp³-hybridized carbons (Fsp3) is 0.219. The fourth-order valence-electron chi connectivity index (χ4n) is 5.53. The molecule has 1 fully saturated rings. The molecule has 45 heavy (non-hydrogen) atoms. The topological polar surface area (TPSA) is 146 Å². The number of imidazole rings is 1. The summed E-state index contributed by atoms with van der Waals surface area (Å²) in [5.74, 6) is -0.975. The van der Waals surface area contributed by atoms with Gasteiger partial charge in [0.15, 0.2) is 5.82 Å². The quantitative estimate of drug-likeness (QED) is 0.192. The third kappa shape index (κ3) is 5.66. The zero-order chi connectivity index (χ0) is 31.3. The van der Waals surface area contributed by atoms with Gasteiger partial charge >= 0.3 is 0 Å². The van der Waals surface area contributed by atoms with E-state index in [1.54, 1.807) is 36.5 Å². The summed E-state index contributed by atoms with van der Waals surface area (Å²) < 4.78 is 54.2. The van der Waals surface area contributed by atoms with Gasteiger partial charge in [-0.1, -0.05) is 6.42 Å². The number of nitrogens with one attached hydrogen (secondary N) is 3. The Morgan fingerprint density at radius 2 is 1.87 bits per heavy atom. The predicted molar refractivity (Wildman–Crippen MR) is 167 cm³/mol. The number of anilines is 1. The Hall–Kier alpha value is -5.04. The molecular weight excluding hydrogens is 600 g/mol. The molecule has 0 saturated heterocycles. The minimum absolute atomic E-state index is 0.00222. The molecule has 1 aliphatic rings. The second-order valence-electron chi connectivity index (χ2n) is 11.4. The predicted octanol–water partition coefficient (Wildman–Crippen LogP) is 5.83. The molecule has 0 bridgehead atoms. The summed E-state index contributed by atoms with van der Waals surface area (Å²) in [5, 5.41) is 10.3. The Labute approximate surface area is 256 Å². The first-order valence-corrected chi connectivity index (χ1v) is 16.4. The largest absolute Gasteiger partial charge is 0.336 e. The molecule has 10 nitrogen and oxygen atoms in total. The van der Waals surface area contributed by atoms with Gasteiger partial charge in [-0.15, -0.1) is 0 Å². The maximum atomic E-state index is 16.3. The summed E-state index contributed by atoms with van der Waals surface area (Å²) in [6.45, 7) is 0.